The standard InChI is InChI=1S/C30H37NO5/c1-29-15-13-23(33)17-20(29)6-10-24-25-11-12-27(30(25,2)16-14-26(24)29)28(34)18-22(32)9-5-19-3-7-21(8-4-19)31(35)36/h3-9,23-27,33H,10-18H2,1-2H3/b9-5+/t23-,24-,25-,26-,27+,29-,30-/m0/s1. The van der Waals surface area contributed by atoms with Crippen LogP contribution in [0.4, 0.5) is 5.69 Å². The van der Waals surface area contributed by atoms with Crippen LogP contribution in [0, 0.1) is 44.6 Å². The molecule has 0 amide bonds. The lowest BCUT2D eigenvalue weighted by Crippen LogP contribution is -2.51. The Morgan fingerprint density at radius 1 is 1.08 bits per heavy atom. The largest absolute Gasteiger partial charge is 0.393 e. The second-order valence-corrected chi connectivity index (χ2v) is 12.1. The maximum Gasteiger partial charge on any atom is 0.269 e. The zero-order valence-corrected chi connectivity index (χ0v) is 21.3. The van der Waals surface area contributed by atoms with E-state index in [1.165, 1.54) is 23.8 Å². The average Bonchev–Trinajstić information content (AvgIpc) is 3.21. The number of fused-ring (bicyclic) bond motifs is 5. The summed E-state index contributed by atoms with van der Waals surface area (Å²) in [4.78, 5) is 36.3. The third-order valence-electron chi connectivity index (χ3n) is 10.4. The molecule has 3 saturated carbocycles. The number of benzene rings is 1. The van der Waals surface area contributed by atoms with Crippen molar-refractivity contribution in [1.82, 2.24) is 0 Å². The zero-order chi connectivity index (χ0) is 25.7. The van der Waals surface area contributed by atoms with Gasteiger partial charge in [-0.1, -0.05) is 31.6 Å². The molecule has 192 valence electrons. The number of ketones is 2. The molecule has 0 saturated heterocycles. The molecule has 1 N–H and O–H groups in total. The Morgan fingerprint density at radius 3 is 2.56 bits per heavy atom. The highest BCUT2D eigenvalue weighted by Crippen LogP contribution is 2.66. The molecule has 6 heteroatoms. The van der Waals surface area contributed by atoms with Crippen LogP contribution in [0.25, 0.3) is 6.08 Å². The molecule has 7 atom stereocenters. The molecule has 0 heterocycles. The third kappa shape index (κ3) is 4.27. The van der Waals surface area contributed by atoms with E-state index in [1.807, 2.05) is 0 Å². The van der Waals surface area contributed by atoms with E-state index in [-0.39, 0.29) is 46.5 Å². The predicted molar refractivity (Wildman–Crippen MR) is 138 cm³/mol. The van der Waals surface area contributed by atoms with Crippen molar-refractivity contribution >= 4 is 23.3 Å². The first-order chi connectivity index (χ1) is 17.1. The summed E-state index contributed by atoms with van der Waals surface area (Å²) in [5.74, 6) is 1.52. The highest BCUT2D eigenvalue weighted by Gasteiger charge is 2.59. The Bertz CT molecular complexity index is 1120. The zero-order valence-electron chi connectivity index (χ0n) is 21.3. The van der Waals surface area contributed by atoms with E-state index < -0.39 is 4.92 Å². The molecule has 0 radical (unpaired) electrons. The summed E-state index contributed by atoms with van der Waals surface area (Å²) in [5, 5.41) is 21.0. The molecule has 5 rings (SSSR count). The molecule has 36 heavy (non-hydrogen) atoms. The number of aliphatic hydroxyl groups is 1. The summed E-state index contributed by atoms with van der Waals surface area (Å²) < 4.78 is 0. The number of carbonyl (C=O) groups excluding carboxylic acids is 2. The summed E-state index contributed by atoms with van der Waals surface area (Å²) in [5.41, 5.74) is 2.30. The van der Waals surface area contributed by atoms with Crippen molar-refractivity contribution in [1.29, 1.82) is 0 Å². The number of allylic oxidation sites excluding steroid dienone is 2. The lowest BCUT2D eigenvalue weighted by molar-refractivity contribution is -0.384. The second kappa shape index (κ2) is 9.37. The first-order valence-corrected chi connectivity index (χ1v) is 13.5. The van der Waals surface area contributed by atoms with Crippen LogP contribution < -0.4 is 0 Å². The third-order valence-corrected chi connectivity index (χ3v) is 10.4. The van der Waals surface area contributed by atoms with Gasteiger partial charge in [0, 0.05) is 18.1 Å². The monoisotopic (exact) mass is 491 g/mol. The minimum absolute atomic E-state index is 0.00663. The topological polar surface area (TPSA) is 97.5 Å². The number of non-ortho nitro benzene ring substituents is 1. The van der Waals surface area contributed by atoms with Gasteiger partial charge in [0.1, 0.15) is 5.78 Å². The molecule has 0 unspecified atom stereocenters. The highest BCUT2D eigenvalue weighted by atomic mass is 16.6. The van der Waals surface area contributed by atoms with E-state index in [0.717, 1.165) is 51.4 Å². The van der Waals surface area contributed by atoms with E-state index in [4.69, 9.17) is 0 Å². The molecule has 0 bridgehead atoms. The Kier molecular flexibility index (Phi) is 6.52. The Labute approximate surface area is 213 Å². The van der Waals surface area contributed by atoms with E-state index in [1.54, 1.807) is 18.2 Å². The normalized spacial score (nSPS) is 37.5. The summed E-state index contributed by atoms with van der Waals surface area (Å²) in [6, 6.07) is 6.01. The van der Waals surface area contributed by atoms with Crippen LogP contribution in [0.5, 0.6) is 0 Å². The molecule has 0 spiro atoms. The Balaban J connectivity index is 1.25. The fourth-order valence-electron chi connectivity index (χ4n) is 8.42. The average molecular weight is 492 g/mol. The molecule has 1 aromatic rings. The van der Waals surface area contributed by atoms with Crippen LogP contribution in [0.15, 0.2) is 42.0 Å². The molecular formula is C30H37NO5. The summed E-state index contributed by atoms with van der Waals surface area (Å²) in [6.07, 6.45) is 13.1. The number of nitro benzene ring substituents is 1. The fraction of sp³-hybridized carbons (Fsp3) is 0.600. The lowest BCUT2D eigenvalue weighted by Gasteiger charge is -2.58. The van der Waals surface area contributed by atoms with Gasteiger partial charge in [-0.25, -0.2) is 0 Å². The Hall–Kier alpha value is -2.60. The van der Waals surface area contributed by atoms with Crippen molar-refractivity contribution in [3.05, 3.63) is 57.7 Å². The lowest BCUT2D eigenvalue weighted by atomic mass is 9.47. The van der Waals surface area contributed by atoms with Crippen molar-refractivity contribution in [2.24, 2.45) is 34.5 Å². The first-order valence-electron chi connectivity index (χ1n) is 13.5. The highest BCUT2D eigenvalue weighted by molar-refractivity contribution is 6.07. The van der Waals surface area contributed by atoms with Crippen LogP contribution in [0.2, 0.25) is 0 Å². The molecule has 1 aromatic carbocycles. The van der Waals surface area contributed by atoms with E-state index in [2.05, 4.69) is 19.9 Å². The van der Waals surface area contributed by atoms with Crippen LogP contribution in [-0.2, 0) is 9.59 Å². The van der Waals surface area contributed by atoms with E-state index in [0.29, 0.717) is 23.3 Å². The van der Waals surface area contributed by atoms with Gasteiger partial charge in [0.2, 0.25) is 0 Å². The second-order valence-electron chi connectivity index (χ2n) is 12.1. The van der Waals surface area contributed by atoms with Gasteiger partial charge in [-0.3, -0.25) is 19.7 Å². The van der Waals surface area contributed by atoms with E-state index in [9.17, 15) is 24.8 Å². The molecular weight excluding hydrogens is 454 g/mol. The van der Waals surface area contributed by atoms with Crippen LogP contribution in [-0.4, -0.2) is 27.7 Å². The number of nitrogens with zero attached hydrogens (tertiary/aromatic N) is 1. The van der Waals surface area contributed by atoms with E-state index >= 15 is 0 Å². The van der Waals surface area contributed by atoms with Crippen LogP contribution >= 0.6 is 0 Å². The van der Waals surface area contributed by atoms with Crippen molar-refractivity contribution in [2.75, 3.05) is 0 Å². The van der Waals surface area contributed by atoms with Crippen molar-refractivity contribution in [3.63, 3.8) is 0 Å². The van der Waals surface area contributed by atoms with Gasteiger partial charge in [0.05, 0.1) is 17.4 Å². The molecule has 4 aliphatic rings. The summed E-state index contributed by atoms with van der Waals surface area (Å²) in [6.45, 7) is 4.71. The minimum atomic E-state index is -0.456. The smallest absolute Gasteiger partial charge is 0.269 e. The van der Waals surface area contributed by atoms with Crippen molar-refractivity contribution in [3.8, 4) is 0 Å². The molecule has 0 aromatic heterocycles. The maximum absolute atomic E-state index is 13.4. The number of hydrogen-bond acceptors (Lipinski definition) is 5. The van der Waals surface area contributed by atoms with Gasteiger partial charge in [-0.05, 0) is 104 Å². The molecule has 4 aliphatic carbocycles. The van der Waals surface area contributed by atoms with Gasteiger partial charge in [0.25, 0.3) is 5.69 Å². The summed E-state index contributed by atoms with van der Waals surface area (Å²) >= 11 is 0. The number of carbonyl (C=O) groups is 2. The van der Waals surface area contributed by atoms with Crippen LogP contribution in [0.1, 0.15) is 77.2 Å². The first kappa shape index (κ1) is 25.1. The van der Waals surface area contributed by atoms with Gasteiger partial charge >= 0.3 is 0 Å². The van der Waals surface area contributed by atoms with Crippen LogP contribution in [0.3, 0.4) is 0 Å². The van der Waals surface area contributed by atoms with Gasteiger partial charge in [-0.2, -0.15) is 0 Å². The van der Waals surface area contributed by atoms with Crippen molar-refractivity contribution < 1.29 is 19.6 Å². The van der Waals surface area contributed by atoms with Crippen molar-refractivity contribution in [2.45, 2.75) is 77.7 Å². The number of aliphatic hydroxyl groups excluding tert-OH is 1. The molecule has 0 aliphatic heterocycles. The van der Waals surface area contributed by atoms with Gasteiger partial charge in [-0.15, -0.1) is 0 Å². The molecule has 6 nitrogen and oxygen atoms in total. The van der Waals surface area contributed by atoms with Gasteiger partial charge in [0.15, 0.2) is 5.78 Å². The van der Waals surface area contributed by atoms with Gasteiger partial charge < -0.3 is 5.11 Å². The minimum Gasteiger partial charge on any atom is -0.393 e. The number of hydrogen-bond donors (Lipinski definition) is 1. The number of nitro groups is 1. The predicted octanol–water partition coefficient (Wildman–Crippen LogP) is 6.08. The number of rotatable bonds is 6. The maximum atomic E-state index is 13.4. The summed E-state index contributed by atoms with van der Waals surface area (Å²) in [7, 11) is 0. The fourth-order valence-corrected chi connectivity index (χ4v) is 8.42. The SMILES string of the molecule is C[C@]12CC[C@H]3[C@@H](CC=C4C[C@@H](O)CC[C@@]43C)[C@@H]1CC[C@@H]2C(=O)CC(=O)/C=C/c1ccc([N+](=O)[O-])cc1. The quantitative estimate of drug-likeness (QED) is 0.171. The Morgan fingerprint density at radius 2 is 1.83 bits per heavy atom. The number of Topliss-reactive ketones (excluding diaryl/α,β-unsaturated/α-hetero) is 1. The molecule has 3 fully saturated rings.